The molecule has 0 aromatic carbocycles. The van der Waals surface area contributed by atoms with Gasteiger partial charge in [-0.2, -0.15) is 0 Å². The Labute approximate surface area is 108 Å². The number of pyridine rings is 1. The number of H-pyrrole nitrogens is 2. The van der Waals surface area contributed by atoms with Crippen molar-refractivity contribution in [1.29, 1.82) is 0 Å². The lowest BCUT2D eigenvalue weighted by Crippen LogP contribution is -2.02. The molecule has 0 aliphatic carbocycles. The number of rotatable bonds is 2. The molecule has 0 saturated carbocycles. The monoisotopic (exact) mass is 257 g/mol. The zero-order chi connectivity index (χ0) is 13.4. The number of carbonyl (C=O) groups is 1. The average molecular weight is 257 g/mol. The molecular formula is C12H11N5O2. The van der Waals surface area contributed by atoms with Crippen LogP contribution >= 0.6 is 0 Å². The highest BCUT2D eigenvalue weighted by molar-refractivity contribution is 6.01. The van der Waals surface area contributed by atoms with E-state index in [1.54, 1.807) is 12.3 Å². The van der Waals surface area contributed by atoms with Gasteiger partial charge in [-0.25, -0.2) is 19.7 Å². The zero-order valence-electron chi connectivity index (χ0n) is 10.4. The van der Waals surface area contributed by atoms with E-state index in [1.807, 2.05) is 6.92 Å². The third-order valence-electron chi connectivity index (χ3n) is 2.72. The number of esters is 1. The molecule has 7 nitrogen and oxygen atoms in total. The summed E-state index contributed by atoms with van der Waals surface area (Å²) >= 11 is 0. The van der Waals surface area contributed by atoms with Crippen LogP contribution in [-0.2, 0) is 4.74 Å². The lowest BCUT2D eigenvalue weighted by atomic mass is 10.2. The maximum atomic E-state index is 11.7. The third-order valence-corrected chi connectivity index (χ3v) is 2.72. The van der Waals surface area contributed by atoms with Crippen LogP contribution in [0.2, 0.25) is 0 Å². The molecule has 3 rings (SSSR count). The maximum Gasteiger partial charge on any atom is 0.340 e. The van der Waals surface area contributed by atoms with Gasteiger partial charge in [0, 0.05) is 18.1 Å². The first kappa shape index (κ1) is 11.4. The van der Waals surface area contributed by atoms with Crippen molar-refractivity contribution in [2.24, 2.45) is 0 Å². The Morgan fingerprint density at radius 2 is 2.11 bits per heavy atom. The minimum Gasteiger partial charge on any atom is -0.465 e. The fraction of sp³-hybridized carbons (Fsp3) is 0.167. The quantitative estimate of drug-likeness (QED) is 0.677. The van der Waals surface area contributed by atoms with Crippen LogP contribution in [0.1, 0.15) is 16.1 Å². The molecular weight excluding hydrogens is 246 g/mol. The highest BCUT2D eigenvalue weighted by atomic mass is 16.5. The van der Waals surface area contributed by atoms with Crippen molar-refractivity contribution in [3.8, 4) is 11.6 Å². The second-order valence-corrected chi connectivity index (χ2v) is 4.05. The number of aromatic amines is 2. The molecule has 0 unspecified atom stereocenters. The number of nitrogens with one attached hydrogen (secondary N) is 2. The lowest BCUT2D eigenvalue weighted by Gasteiger charge is -1.98. The molecule has 0 bridgehead atoms. The van der Waals surface area contributed by atoms with Gasteiger partial charge in [0.05, 0.1) is 18.2 Å². The number of nitrogens with zero attached hydrogens (tertiary/aromatic N) is 3. The molecule has 96 valence electrons. The second kappa shape index (κ2) is 4.20. The van der Waals surface area contributed by atoms with Crippen LogP contribution < -0.4 is 0 Å². The summed E-state index contributed by atoms with van der Waals surface area (Å²) in [4.78, 5) is 30.4. The molecule has 0 amide bonds. The summed E-state index contributed by atoms with van der Waals surface area (Å²) in [7, 11) is 1.34. The van der Waals surface area contributed by atoms with Crippen LogP contribution in [0, 0.1) is 6.92 Å². The average Bonchev–Trinajstić information content (AvgIpc) is 3.02. The Balaban J connectivity index is 2.18. The van der Waals surface area contributed by atoms with E-state index in [1.165, 1.54) is 13.3 Å². The summed E-state index contributed by atoms with van der Waals surface area (Å²) < 4.78 is 4.73. The van der Waals surface area contributed by atoms with E-state index < -0.39 is 5.97 Å². The molecule has 0 spiro atoms. The molecule has 0 radical (unpaired) electrons. The van der Waals surface area contributed by atoms with Gasteiger partial charge in [0.25, 0.3) is 0 Å². The van der Waals surface area contributed by atoms with Crippen LogP contribution in [0.4, 0.5) is 0 Å². The normalized spacial score (nSPS) is 10.8. The maximum absolute atomic E-state index is 11.7. The van der Waals surface area contributed by atoms with Gasteiger partial charge in [0.2, 0.25) is 0 Å². The zero-order valence-corrected chi connectivity index (χ0v) is 10.4. The Morgan fingerprint density at radius 3 is 2.79 bits per heavy atom. The molecule has 3 heterocycles. The number of hydrogen-bond acceptors (Lipinski definition) is 5. The molecule has 3 aromatic heterocycles. The third kappa shape index (κ3) is 1.85. The molecule has 0 aliphatic heterocycles. The smallest absolute Gasteiger partial charge is 0.340 e. The number of aromatic nitrogens is 5. The van der Waals surface area contributed by atoms with Gasteiger partial charge in [0.15, 0.2) is 17.3 Å². The number of methoxy groups -OCH3 is 1. The van der Waals surface area contributed by atoms with E-state index in [2.05, 4.69) is 24.9 Å². The van der Waals surface area contributed by atoms with E-state index in [9.17, 15) is 4.79 Å². The minimum absolute atomic E-state index is 0.398. The van der Waals surface area contributed by atoms with Crippen LogP contribution in [0.3, 0.4) is 0 Å². The first-order valence-electron chi connectivity index (χ1n) is 5.64. The van der Waals surface area contributed by atoms with Gasteiger partial charge in [-0.1, -0.05) is 0 Å². The topological polar surface area (TPSA) is 96.5 Å². The van der Waals surface area contributed by atoms with Crippen LogP contribution in [0.25, 0.3) is 22.8 Å². The molecule has 19 heavy (non-hydrogen) atoms. The van der Waals surface area contributed by atoms with Gasteiger partial charge in [-0.3, -0.25) is 0 Å². The van der Waals surface area contributed by atoms with Crippen LogP contribution in [0.5, 0.6) is 0 Å². The van der Waals surface area contributed by atoms with E-state index in [-0.39, 0.29) is 0 Å². The largest absolute Gasteiger partial charge is 0.465 e. The SMILES string of the molecule is COC(=O)c1ccnc2nc(-c3ncc(C)[nH]3)[nH]c12. The molecule has 3 aromatic rings. The number of imidazole rings is 2. The summed E-state index contributed by atoms with van der Waals surface area (Å²) in [6.07, 6.45) is 3.23. The number of ether oxygens (including phenoxy) is 1. The van der Waals surface area contributed by atoms with Crippen molar-refractivity contribution in [1.82, 2.24) is 24.9 Å². The number of aryl methyl sites for hydroxylation is 1. The fourth-order valence-electron chi connectivity index (χ4n) is 1.84. The molecule has 0 saturated heterocycles. The highest BCUT2D eigenvalue weighted by Gasteiger charge is 2.16. The number of carbonyl (C=O) groups excluding carboxylic acids is 1. The first-order valence-corrected chi connectivity index (χ1v) is 5.64. The molecule has 2 N–H and O–H groups in total. The molecule has 0 fully saturated rings. The lowest BCUT2D eigenvalue weighted by molar-refractivity contribution is 0.0602. The van der Waals surface area contributed by atoms with Crippen LogP contribution in [0.15, 0.2) is 18.5 Å². The Kier molecular flexibility index (Phi) is 2.52. The first-order chi connectivity index (χ1) is 9.19. The standard InChI is InChI=1S/C12H11N5O2/c1-6-5-14-10(15-6)11-16-8-7(12(18)19-2)3-4-13-9(8)17-11/h3-5H,1-2H3,(H,14,15)(H,13,16,17). The predicted octanol–water partition coefficient (Wildman–Crippen LogP) is 1.44. The minimum atomic E-state index is -0.432. The summed E-state index contributed by atoms with van der Waals surface area (Å²) in [6.45, 7) is 1.90. The van der Waals surface area contributed by atoms with Crippen molar-refractivity contribution in [3.05, 3.63) is 29.7 Å². The van der Waals surface area contributed by atoms with Gasteiger partial charge in [0.1, 0.15) is 0 Å². The van der Waals surface area contributed by atoms with E-state index in [4.69, 9.17) is 4.74 Å². The Morgan fingerprint density at radius 1 is 1.26 bits per heavy atom. The highest BCUT2D eigenvalue weighted by Crippen LogP contribution is 2.19. The Bertz CT molecular complexity index is 758. The fourth-order valence-corrected chi connectivity index (χ4v) is 1.84. The number of hydrogen-bond donors (Lipinski definition) is 2. The Hall–Kier alpha value is -2.70. The van der Waals surface area contributed by atoms with Crippen molar-refractivity contribution in [2.75, 3.05) is 7.11 Å². The molecule has 7 heteroatoms. The summed E-state index contributed by atoms with van der Waals surface area (Å²) in [5.74, 6) is 0.705. The van der Waals surface area contributed by atoms with Crippen molar-refractivity contribution in [2.45, 2.75) is 6.92 Å². The summed E-state index contributed by atoms with van der Waals surface area (Å²) in [5, 5.41) is 0. The van der Waals surface area contributed by atoms with Gasteiger partial charge < -0.3 is 14.7 Å². The van der Waals surface area contributed by atoms with Crippen LogP contribution in [-0.4, -0.2) is 38.0 Å². The van der Waals surface area contributed by atoms with Gasteiger partial charge >= 0.3 is 5.97 Å². The van der Waals surface area contributed by atoms with Gasteiger partial charge in [-0.05, 0) is 13.0 Å². The van der Waals surface area contributed by atoms with Crippen molar-refractivity contribution < 1.29 is 9.53 Å². The van der Waals surface area contributed by atoms with E-state index >= 15 is 0 Å². The summed E-state index contributed by atoms with van der Waals surface area (Å²) in [6, 6.07) is 1.59. The number of fused-ring (bicyclic) bond motifs is 1. The molecule has 0 atom stereocenters. The van der Waals surface area contributed by atoms with Gasteiger partial charge in [-0.15, -0.1) is 0 Å². The molecule has 0 aliphatic rings. The van der Waals surface area contributed by atoms with E-state index in [0.29, 0.717) is 28.4 Å². The van der Waals surface area contributed by atoms with Crippen molar-refractivity contribution in [3.63, 3.8) is 0 Å². The second-order valence-electron chi connectivity index (χ2n) is 4.05. The summed E-state index contributed by atoms with van der Waals surface area (Å²) in [5.41, 5.74) is 2.32. The predicted molar refractivity (Wildman–Crippen MR) is 67.5 cm³/mol. The van der Waals surface area contributed by atoms with Crippen molar-refractivity contribution >= 4 is 17.1 Å². The van der Waals surface area contributed by atoms with E-state index in [0.717, 1.165) is 5.69 Å².